The number of aliphatic hydroxyl groups is 1. The summed E-state index contributed by atoms with van der Waals surface area (Å²) in [5.41, 5.74) is 0. The summed E-state index contributed by atoms with van der Waals surface area (Å²) in [6.45, 7) is 7.22. The van der Waals surface area contributed by atoms with Crippen LogP contribution in [0.25, 0.3) is 0 Å². The minimum Gasteiger partial charge on any atom is -0.374 e. The van der Waals surface area contributed by atoms with Crippen LogP contribution >= 0.6 is 0 Å². The van der Waals surface area contributed by atoms with Gasteiger partial charge >= 0.3 is 0 Å². The second kappa shape index (κ2) is 4.91. The lowest BCUT2D eigenvalue weighted by atomic mass is 10.1. The van der Waals surface area contributed by atoms with Gasteiger partial charge in [0.25, 0.3) is 0 Å². The fourth-order valence-electron chi connectivity index (χ4n) is 0.729. The summed E-state index contributed by atoms with van der Waals surface area (Å²) in [5.74, 6) is 0.0354. The molecule has 0 saturated carbocycles. The molecule has 1 amide bonds. The van der Waals surface area contributed by atoms with Crippen LogP contribution in [0.5, 0.6) is 0 Å². The number of hydrogen-bond acceptors (Lipinski definition) is 2. The molecule has 0 aliphatic rings. The first-order chi connectivity index (χ1) is 5.06. The van der Waals surface area contributed by atoms with Gasteiger partial charge in [0.05, 0.1) is 0 Å². The second-order valence-corrected chi connectivity index (χ2v) is 2.86. The average Bonchev–Trinajstić information content (AvgIpc) is 1.85. The van der Waals surface area contributed by atoms with Crippen LogP contribution in [-0.2, 0) is 4.79 Å². The molecule has 2 N–H and O–H groups in total. The second-order valence-electron chi connectivity index (χ2n) is 2.86. The maximum absolute atomic E-state index is 10.6. The van der Waals surface area contributed by atoms with Crippen molar-refractivity contribution in [1.82, 2.24) is 5.32 Å². The molecule has 1 unspecified atom stereocenters. The average molecular weight is 157 g/mol. The summed E-state index contributed by atoms with van der Waals surface area (Å²) in [5, 5.41) is 11.5. The van der Waals surface area contributed by atoms with Crippen LogP contribution in [0.4, 0.5) is 0 Å². The smallest absolute Gasteiger partial charge is 0.245 e. The van der Waals surface area contributed by atoms with Crippen molar-refractivity contribution < 1.29 is 9.90 Å². The van der Waals surface area contributed by atoms with Crippen molar-refractivity contribution in [3.05, 3.63) is 12.7 Å². The predicted molar refractivity (Wildman–Crippen MR) is 43.8 cm³/mol. The summed E-state index contributed by atoms with van der Waals surface area (Å²) in [7, 11) is 0. The predicted octanol–water partition coefficient (Wildman–Crippen LogP) is 0.653. The van der Waals surface area contributed by atoms with Crippen LogP contribution in [0.1, 0.15) is 20.3 Å². The van der Waals surface area contributed by atoms with E-state index < -0.39 is 6.23 Å². The molecule has 3 heteroatoms. The number of amides is 1. The molecule has 0 aromatic carbocycles. The van der Waals surface area contributed by atoms with Crippen LogP contribution in [0.2, 0.25) is 0 Å². The topological polar surface area (TPSA) is 49.3 Å². The minimum atomic E-state index is -0.750. The fourth-order valence-corrected chi connectivity index (χ4v) is 0.729. The molecule has 0 aliphatic carbocycles. The van der Waals surface area contributed by atoms with Crippen molar-refractivity contribution in [2.45, 2.75) is 26.5 Å². The Morgan fingerprint density at radius 1 is 1.73 bits per heavy atom. The van der Waals surface area contributed by atoms with E-state index in [1.807, 2.05) is 13.8 Å². The molecule has 0 fully saturated rings. The molecule has 0 rings (SSSR count). The van der Waals surface area contributed by atoms with Crippen molar-refractivity contribution in [3.8, 4) is 0 Å². The van der Waals surface area contributed by atoms with E-state index in [1.165, 1.54) is 0 Å². The summed E-state index contributed by atoms with van der Waals surface area (Å²) in [6.07, 6.45) is 0.962. The number of hydrogen-bond donors (Lipinski definition) is 2. The number of rotatable bonds is 4. The molecule has 3 nitrogen and oxygen atoms in total. The van der Waals surface area contributed by atoms with Crippen molar-refractivity contribution in [2.24, 2.45) is 5.92 Å². The molecule has 0 aromatic rings. The lowest BCUT2D eigenvalue weighted by molar-refractivity contribution is -0.119. The van der Waals surface area contributed by atoms with E-state index in [0.29, 0.717) is 12.3 Å². The zero-order valence-corrected chi connectivity index (χ0v) is 7.00. The highest BCUT2D eigenvalue weighted by Gasteiger charge is 2.07. The monoisotopic (exact) mass is 157 g/mol. The van der Waals surface area contributed by atoms with Gasteiger partial charge < -0.3 is 10.4 Å². The molecule has 0 spiro atoms. The van der Waals surface area contributed by atoms with Crippen molar-refractivity contribution >= 4 is 5.91 Å². The van der Waals surface area contributed by atoms with E-state index in [9.17, 15) is 4.79 Å². The lowest BCUT2D eigenvalue weighted by Gasteiger charge is -2.12. The van der Waals surface area contributed by atoms with Gasteiger partial charge in [0.1, 0.15) is 6.23 Å². The van der Waals surface area contributed by atoms with E-state index in [1.54, 1.807) is 0 Å². The molecule has 0 heterocycles. The number of carbonyl (C=O) groups excluding carboxylic acids is 1. The Bertz CT molecular complexity index is 143. The molecule has 0 radical (unpaired) electrons. The van der Waals surface area contributed by atoms with Gasteiger partial charge in [0.15, 0.2) is 0 Å². The number of carbonyl (C=O) groups is 1. The first-order valence-electron chi connectivity index (χ1n) is 3.67. The quantitative estimate of drug-likeness (QED) is 0.465. The van der Waals surface area contributed by atoms with Crippen molar-refractivity contribution in [1.29, 1.82) is 0 Å². The third-order valence-electron chi connectivity index (χ3n) is 1.19. The molecule has 1 atom stereocenters. The Balaban J connectivity index is 3.59. The lowest BCUT2D eigenvalue weighted by Crippen LogP contribution is -2.34. The SMILES string of the molecule is C=CC(=O)NC(O)CC(C)C. The fraction of sp³-hybridized carbons (Fsp3) is 0.625. The van der Waals surface area contributed by atoms with Gasteiger partial charge in [-0.15, -0.1) is 0 Å². The first kappa shape index (κ1) is 10.2. The maximum Gasteiger partial charge on any atom is 0.245 e. The Labute approximate surface area is 67.1 Å². The molecule has 64 valence electrons. The largest absolute Gasteiger partial charge is 0.374 e. The molecule has 0 aliphatic heterocycles. The summed E-state index contributed by atoms with van der Waals surface area (Å²) >= 11 is 0. The normalized spacial score (nSPS) is 12.7. The zero-order chi connectivity index (χ0) is 8.85. The van der Waals surface area contributed by atoms with Gasteiger partial charge in [-0.3, -0.25) is 4.79 Å². The van der Waals surface area contributed by atoms with Gasteiger partial charge in [-0.1, -0.05) is 20.4 Å². The van der Waals surface area contributed by atoms with Crippen LogP contribution < -0.4 is 5.32 Å². The van der Waals surface area contributed by atoms with Crippen LogP contribution in [0.3, 0.4) is 0 Å². The van der Waals surface area contributed by atoms with E-state index in [-0.39, 0.29) is 5.91 Å². The number of nitrogens with one attached hydrogen (secondary N) is 1. The van der Waals surface area contributed by atoms with Crippen molar-refractivity contribution in [2.75, 3.05) is 0 Å². The van der Waals surface area contributed by atoms with Crippen molar-refractivity contribution in [3.63, 3.8) is 0 Å². The Morgan fingerprint density at radius 2 is 2.27 bits per heavy atom. The van der Waals surface area contributed by atoms with Crippen LogP contribution in [0, 0.1) is 5.92 Å². The highest BCUT2D eigenvalue weighted by molar-refractivity contribution is 5.86. The minimum absolute atomic E-state index is 0.335. The highest BCUT2D eigenvalue weighted by Crippen LogP contribution is 2.01. The maximum atomic E-state index is 10.6. The third kappa shape index (κ3) is 5.61. The number of aliphatic hydroxyl groups excluding tert-OH is 1. The van der Waals surface area contributed by atoms with Crippen LogP contribution in [-0.4, -0.2) is 17.2 Å². The molecule has 11 heavy (non-hydrogen) atoms. The van der Waals surface area contributed by atoms with Gasteiger partial charge in [0, 0.05) is 0 Å². The van der Waals surface area contributed by atoms with E-state index in [4.69, 9.17) is 5.11 Å². The van der Waals surface area contributed by atoms with Gasteiger partial charge in [-0.2, -0.15) is 0 Å². The van der Waals surface area contributed by atoms with E-state index >= 15 is 0 Å². The Hall–Kier alpha value is -0.830. The summed E-state index contributed by atoms with van der Waals surface area (Å²) < 4.78 is 0. The molecule has 0 saturated heterocycles. The molecule has 0 aromatic heterocycles. The molecule has 0 bridgehead atoms. The third-order valence-corrected chi connectivity index (χ3v) is 1.19. The Kier molecular flexibility index (Phi) is 4.54. The first-order valence-corrected chi connectivity index (χ1v) is 3.67. The zero-order valence-electron chi connectivity index (χ0n) is 7.00. The van der Waals surface area contributed by atoms with Crippen LogP contribution in [0.15, 0.2) is 12.7 Å². The Morgan fingerprint density at radius 3 is 2.64 bits per heavy atom. The van der Waals surface area contributed by atoms with Gasteiger partial charge in [-0.05, 0) is 18.4 Å². The molecular formula is C8H15NO2. The summed E-state index contributed by atoms with van der Waals surface area (Å²) in [4.78, 5) is 10.6. The highest BCUT2D eigenvalue weighted by atomic mass is 16.3. The molecular weight excluding hydrogens is 142 g/mol. The van der Waals surface area contributed by atoms with E-state index in [2.05, 4.69) is 11.9 Å². The summed E-state index contributed by atoms with van der Waals surface area (Å²) in [6, 6.07) is 0. The van der Waals surface area contributed by atoms with Gasteiger partial charge in [0.2, 0.25) is 5.91 Å². The van der Waals surface area contributed by atoms with Gasteiger partial charge in [-0.25, -0.2) is 0 Å². The van der Waals surface area contributed by atoms with E-state index in [0.717, 1.165) is 6.08 Å². The standard InChI is InChI=1S/C8H15NO2/c1-4-7(10)9-8(11)5-6(2)3/h4,6,8,11H,1,5H2,2-3H3,(H,9,10).